The molecule has 0 aromatic heterocycles. The molecule has 1 unspecified atom stereocenters. The van der Waals surface area contributed by atoms with E-state index in [1.54, 1.807) is 12.1 Å². The maximum atomic E-state index is 13.4. The molecule has 1 saturated heterocycles. The Kier molecular flexibility index (Phi) is 4.81. The van der Waals surface area contributed by atoms with Crippen LogP contribution >= 0.6 is 0 Å². The fourth-order valence-electron chi connectivity index (χ4n) is 3.84. The first kappa shape index (κ1) is 15.9. The van der Waals surface area contributed by atoms with Crippen LogP contribution in [0.15, 0.2) is 18.2 Å². The predicted molar refractivity (Wildman–Crippen MR) is 86.6 cm³/mol. The van der Waals surface area contributed by atoms with Gasteiger partial charge in [0.05, 0.1) is 0 Å². The van der Waals surface area contributed by atoms with Crippen molar-refractivity contribution in [3.8, 4) is 0 Å². The van der Waals surface area contributed by atoms with Crippen LogP contribution in [0.5, 0.6) is 0 Å². The van der Waals surface area contributed by atoms with E-state index in [-0.39, 0.29) is 11.4 Å². The van der Waals surface area contributed by atoms with Crippen LogP contribution in [0.2, 0.25) is 0 Å². The molecule has 1 aliphatic carbocycles. The highest BCUT2D eigenvalue weighted by molar-refractivity contribution is 5.32. The minimum absolute atomic E-state index is 0.117. The van der Waals surface area contributed by atoms with Crippen LogP contribution in [0.4, 0.5) is 4.39 Å². The van der Waals surface area contributed by atoms with Crippen molar-refractivity contribution in [2.45, 2.75) is 43.7 Å². The van der Waals surface area contributed by atoms with Crippen LogP contribution in [0, 0.1) is 5.82 Å². The molecular weight excluding hydrogens is 279 g/mol. The highest BCUT2D eigenvalue weighted by Gasteiger charge is 2.35. The van der Waals surface area contributed by atoms with Gasteiger partial charge < -0.3 is 15.0 Å². The van der Waals surface area contributed by atoms with Gasteiger partial charge in [0, 0.05) is 31.3 Å². The predicted octanol–water partition coefficient (Wildman–Crippen LogP) is 2.90. The molecule has 1 aliphatic heterocycles. The molecule has 3 rings (SSSR count). The zero-order chi connectivity index (χ0) is 15.6. The summed E-state index contributed by atoms with van der Waals surface area (Å²) in [6, 6.07) is 5.62. The number of halogens is 1. The number of hydrogen-bond donors (Lipinski definition) is 1. The molecule has 0 saturated carbocycles. The topological polar surface area (TPSA) is 24.5 Å². The average Bonchev–Trinajstić information content (AvgIpc) is 2.53. The summed E-state index contributed by atoms with van der Waals surface area (Å²) >= 11 is 0. The Morgan fingerprint density at radius 1 is 1.32 bits per heavy atom. The fraction of sp³-hybridized carbons (Fsp3) is 0.667. The first-order valence-electron chi connectivity index (χ1n) is 8.38. The standard InChI is InChI=1S/C18H27FN2O/c1-21(2)18(8-10-22-11-9-18)13-20-17-5-3-4-14-12-15(19)6-7-16(14)17/h6-7,12,17,20H,3-5,8-11,13H2,1-2H3. The highest BCUT2D eigenvalue weighted by Crippen LogP contribution is 2.32. The number of benzene rings is 1. The number of nitrogens with one attached hydrogen (secondary N) is 1. The number of rotatable bonds is 4. The summed E-state index contributed by atoms with van der Waals surface area (Å²) in [6.45, 7) is 2.64. The lowest BCUT2D eigenvalue weighted by atomic mass is 9.85. The van der Waals surface area contributed by atoms with Crippen LogP contribution < -0.4 is 5.32 Å². The molecule has 1 aromatic rings. The van der Waals surface area contributed by atoms with Crippen molar-refractivity contribution in [3.63, 3.8) is 0 Å². The van der Waals surface area contributed by atoms with Crippen molar-refractivity contribution in [1.29, 1.82) is 0 Å². The molecule has 1 atom stereocenters. The number of hydrogen-bond acceptors (Lipinski definition) is 3. The molecule has 22 heavy (non-hydrogen) atoms. The molecule has 1 fully saturated rings. The number of fused-ring (bicyclic) bond motifs is 1. The summed E-state index contributed by atoms with van der Waals surface area (Å²) in [5.74, 6) is -0.117. The molecule has 0 bridgehead atoms. The molecule has 4 heteroatoms. The maximum absolute atomic E-state index is 13.4. The Bertz CT molecular complexity index is 512. The largest absolute Gasteiger partial charge is 0.381 e. The van der Waals surface area contributed by atoms with E-state index >= 15 is 0 Å². The van der Waals surface area contributed by atoms with Crippen LogP contribution in [-0.2, 0) is 11.2 Å². The minimum Gasteiger partial charge on any atom is -0.381 e. The number of likely N-dealkylation sites (N-methyl/N-ethyl adjacent to an activating group) is 1. The molecule has 1 heterocycles. The maximum Gasteiger partial charge on any atom is 0.123 e. The van der Waals surface area contributed by atoms with E-state index in [1.165, 1.54) is 11.1 Å². The number of ether oxygens (including phenoxy) is 1. The lowest BCUT2D eigenvalue weighted by Gasteiger charge is -2.44. The smallest absolute Gasteiger partial charge is 0.123 e. The van der Waals surface area contributed by atoms with Gasteiger partial charge in [0.1, 0.15) is 5.82 Å². The third kappa shape index (κ3) is 3.19. The van der Waals surface area contributed by atoms with Crippen LogP contribution in [0.3, 0.4) is 0 Å². The number of nitrogens with zero attached hydrogens (tertiary/aromatic N) is 1. The summed E-state index contributed by atoms with van der Waals surface area (Å²) in [5, 5.41) is 3.77. The van der Waals surface area contributed by atoms with Crippen LogP contribution in [0.25, 0.3) is 0 Å². The van der Waals surface area contributed by atoms with Crippen molar-refractivity contribution in [2.75, 3.05) is 33.9 Å². The quantitative estimate of drug-likeness (QED) is 0.926. The molecule has 1 aromatic carbocycles. The van der Waals surface area contributed by atoms with Crippen molar-refractivity contribution in [1.82, 2.24) is 10.2 Å². The van der Waals surface area contributed by atoms with Gasteiger partial charge in [-0.05, 0) is 69.5 Å². The third-order valence-electron chi connectivity index (χ3n) is 5.47. The molecule has 2 aliphatic rings. The molecule has 0 spiro atoms. The van der Waals surface area contributed by atoms with Gasteiger partial charge in [-0.3, -0.25) is 0 Å². The first-order valence-corrected chi connectivity index (χ1v) is 8.38. The Morgan fingerprint density at radius 2 is 2.09 bits per heavy atom. The summed E-state index contributed by atoms with van der Waals surface area (Å²) in [6.07, 6.45) is 5.40. The van der Waals surface area contributed by atoms with Gasteiger partial charge in [-0.25, -0.2) is 4.39 Å². The number of aryl methyl sites for hydroxylation is 1. The van der Waals surface area contributed by atoms with Gasteiger partial charge in [-0.15, -0.1) is 0 Å². The van der Waals surface area contributed by atoms with E-state index in [1.807, 2.05) is 6.07 Å². The first-order chi connectivity index (χ1) is 10.6. The van der Waals surface area contributed by atoms with E-state index in [0.29, 0.717) is 6.04 Å². The van der Waals surface area contributed by atoms with E-state index in [9.17, 15) is 4.39 Å². The van der Waals surface area contributed by atoms with Gasteiger partial charge in [0.15, 0.2) is 0 Å². The van der Waals surface area contributed by atoms with Crippen LogP contribution in [0.1, 0.15) is 42.9 Å². The SMILES string of the molecule is CN(C)C1(CNC2CCCc3cc(F)ccc32)CCOCC1. The summed E-state index contributed by atoms with van der Waals surface area (Å²) in [7, 11) is 4.33. The van der Waals surface area contributed by atoms with Crippen LogP contribution in [-0.4, -0.2) is 44.3 Å². The Balaban J connectivity index is 1.71. The van der Waals surface area contributed by atoms with Crippen molar-refractivity contribution in [2.24, 2.45) is 0 Å². The molecule has 122 valence electrons. The molecule has 1 N–H and O–H groups in total. The van der Waals surface area contributed by atoms with E-state index in [0.717, 1.165) is 51.9 Å². The van der Waals surface area contributed by atoms with Gasteiger partial charge in [-0.1, -0.05) is 6.07 Å². The van der Waals surface area contributed by atoms with Gasteiger partial charge >= 0.3 is 0 Å². The Morgan fingerprint density at radius 3 is 2.82 bits per heavy atom. The normalized spacial score (nSPS) is 24.3. The van der Waals surface area contributed by atoms with Crippen molar-refractivity contribution >= 4 is 0 Å². The average molecular weight is 306 g/mol. The fourth-order valence-corrected chi connectivity index (χ4v) is 3.84. The Labute approximate surface area is 132 Å². The lowest BCUT2D eigenvalue weighted by Crippen LogP contribution is -2.55. The monoisotopic (exact) mass is 306 g/mol. The second-order valence-electron chi connectivity index (χ2n) is 6.90. The van der Waals surface area contributed by atoms with Crippen molar-refractivity contribution < 1.29 is 9.13 Å². The molecule has 0 radical (unpaired) electrons. The highest BCUT2D eigenvalue weighted by atomic mass is 19.1. The molecule has 0 amide bonds. The van der Waals surface area contributed by atoms with Gasteiger partial charge in [-0.2, -0.15) is 0 Å². The van der Waals surface area contributed by atoms with E-state index in [2.05, 4.69) is 24.3 Å². The zero-order valence-electron chi connectivity index (χ0n) is 13.7. The second-order valence-corrected chi connectivity index (χ2v) is 6.90. The Hall–Kier alpha value is -0.970. The molecular formula is C18H27FN2O. The summed E-state index contributed by atoms with van der Waals surface area (Å²) in [5.41, 5.74) is 2.64. The summed E-state index contributed by atoms with van der Waals surface area (Å²) in [4.78, 5) is 2.34. The molecule has 3 nitrogen and oxygen atoms in total. The van der Waals surface area contributed by atoms with E-state index < -0.39 is 0 Å². The second kappa shape index (κ2) is 6.65. The summed E-state index contributed by atoms with van der Waals surface area (Å²) < 4.78 is 19.0. The zero-order valence-corrected chi connectivity index (χ0v) is 13.7. The van der Waals surface area contributed by atoms with E-state index in [4.69, 9.17) is 4.74 Å². The van der Waals surface area contributed by atoms with Crippen molar-refractivity contribution in [3.05, 3.63) is 35.1 Å². The van der Waals surface area contributed by atoms with Gasteiger partial charge in [0.2, 0.25) is 0 Å². The van der Waals surface area contributed by atoms with Gasteiger partial charge in [0.25, 0.3) is 0 Å². The lowest BCUT2D eigenvalue weighted by molar-refractivity contribution is -0.00853. The third-order valence-corrected chi connectivity index (χ3v) is 5.47. The minimum atomic E-state index is -0.117.